The van der Waals surface area contributed by atoms with Gasteiger partial charge in [-0.1, -0.05) is 55.5 Å². The largest absolute Gasteiger partial charge is 0.480 e. The van der Waals surface area contributed by atoms with Crippen LogP contribution in [0, 0.1) is 0 Å². The quantitative estimate of drug-likeness (QED) is 0.619. The summed E-state index contributed by atoms with van der Waals surface area (Å²) in [6.45, 7) is 7.02. The Morgan fingerprint density at radius 3 is 2.06 bits per heavy atom. The van der Waals surface area contributed by atoms with Gasteiger partial charge in [0, 0.05) is 23.9 Å². The number of nitrogens with zero attached hydrogens (tertiary/aromatic N) is 1. The van der Waals surface area contributed by atoms with Gasteiger partial charge in [-0.3, -0.25) is 9.59 Å². The number of hydrogen-bond donors (Lipinski definition) is 2. The summed E-state index contributed by atoms with van der Waals surface area (Å²) in [4.78, 5) is 37.9. The minimum atomic E-state index is -1.07. The second-order valence-corrected chi connectivity index (χ2v) is 9.32. The number of fused-ring (bicyclic) bond motifs is 3. The number of nitrogens with one attached hydrogen (secondary N) is 1. The Morgan fingerprint density at radius 2 is 1.58 bits per heavy atom. The highest BCUT2D eigenvalue weighted by molar-refractivity contribution is 5.83. The number of carbonyl (C=O) groups excluding carboxylic acids is 2. The number of carboxylic acids is 1. The molecule has 7 nitrogen and oxygen atoms in total. The maximum Gasteiger partial charge on any atom is 0.407 e. The number of aliphatic carboxylic acids is 1. The molecule has 0 heterocycles. The SMILES string of the molecule is CCC(CC(=O)N(CC(=O)O)C(C)(C)C)NC(=O)OCC1c2ccccc2-c2ccccc21. The van der Waals surface area contributed by atoms with E-state index < -0.39 is 23.6 Å². The fourth-order valence-electron chi connectivity index (χ4n) is 4.26. The minimum absolute atomic E-state index is 0.00520. The number of benzene rings is 2. The molecule has 0 saturated heterocycles. The average molecular weight is 453 g/mol. The Morgan fingerprint density at radius 1 is 1.03 bits per heavy atom. The number of amides is 2. The zero-order valence-electron chi connectivity index (χ0n) is 19.6. The molecule has 1 unspecified atom stereocenters. The van der Waals surface area contributed by atoms with Crippen molar-refractivity contribution in [1.82, 2.24) is 10.2 Å². The maximum absolute atomic E-state index is 12.8. The van der Waals surface area contributed by atoms with Crippen LogP contribution in [0.25, 0.3) is 11.1 Å². The second-order valence-electron chi connectivity index (χ2n) is 9.32. The molecule has 2 N–H and O–H groups in total. The van der Waals surface area contributed by atoms with Crippen LogP contribution in [0.4, 0.5) is 4.79 Å². The number of carbonyl (C=O) groups is 3. The van der Waals surface area contributed by atoms with E-state index in [0.29, 0.717) is 6.42 Å². The molecule has 0 aromatic heterocycles. The van der Waals surface area contributed by atoms with Gasteiger partial charge in [0.2, 0.25) is 5.91 Å². The molecule has 0 fully saturated rings. The summed E-state index contributed by atoms with van der Waals surface area (Å²) in [5.74, 6) is -1.44. The zero-order chi connectivity index (χ0) is 24.2. The molecule has 0 aliphatic heterocycles. The normalized spacial score (nSPS) is 13.6. The van der Waals surface area contributed by atoms with Gasteiger partial charge in [-0.15, -0.1) is 0 Å². The number of rotatable bonds is 8. The first-order valence-corrected chi connectivity index (χ1v) is 11.3. The van der Waals surface area contributed by atoms with E-state index in [1.165, 1.54) is 4.90 Å². The van der Waals surface area contributed by atoms with Gasteiger partial charge in [-0.25, -0.2) is 4.79 Å². The molecule has 2 aromatic carbocycles. The Kier molecular flexibility index (Phi) is 7.41. The first kappa shape index (κ1) is 24.3. The van der Waals surface area contributed by atoms with Crippen LogP contribution in [0.1, 0.15) is 57.6 Å². The van der Waals surface area contributed by atoms with Gasteiger partial charge in [-0.05, 0) is 49.4 Å². The van der Waals surface area contributed by atoms with E-state index in [1.54, 1.807) is 20.8 Å². The van der Waals surface area contributed by atoms with Crippen molar-refractivity contribution >= 4 is 18.0 Å². The van der Waals surface area contributed by atoms with Crippen molar-refractivity contribution in [3.63, 3.8) is 0 Å². The van der Waals surface area contributed by atoms with E-state index >= 15 is 0 Å². The van der Waals surface area contributed by atoms with Gasteiger partial charge < -0.3 is 20.1 Å². The standard InChI is InChI=1S/C26H32N2O5/c1-5-17(14-23(29)28(15-24(30)31)26(2,3)4)27-25(32)33-16-22-20-12-8-6-10-18(20)19-11-7-9-13-21(19)22/h6-13,17,22H,5,14-16H2,1-4H3,(H,27,32)(H,30,31). The lowest BCUT2D eigenvalue weighted by Gasteiger charge is -2.35. The molecule has 1 aliphatic carbocycles. The molecule has 33 heavy (non-hydrogen) atoms. The van der Waals surface area contributed by atoms with Crippen LogP contribution in [0.15, 0.2) is 48.5 Å². The van der Waals surface area contributed by atoms with E-state index in [0.717, 1.165) is 22.3 Å². The van der Waals surface area contributed by atoms with Crippen LogP contribution in [0.5, 0.6) is 0 Å². The third-order valence-corrected chi connectivity index (χ3v) is 5.98. The number of carboxylic acid groups (broad SMARTS) is 1. The minimum Gasteiger partial charge on any atom is -0.480 e. The van der Waals surface area contributed by atoms with Crippen molar-refractivity contribution in [2.24, 2.45) is 0 Å². The van der Waals surface area contributed by atoms with Crippen molar-refractivity contribution in [2.45, 2.75) is 58.0 Å². The van der Waals surface area contributed by atoms with Crippen molar-refractivity contribution < 1.29 is 24.2 Å². The predicted molar refractivity (Wildman–Crippen MR) is 126 cm³/mol. The lowest BCUT2D eigenvalue weighted by atomic mass is 9.98. The third kappa shape index (κ3) is 5.72. The summed E-state index contributed by atoms with van der Waals surface area (Å²) in [5.41, 5.74) is 3.92. The lowest BCUT2D eigenvalue weighted by molar-refractivity contribution is -0.148. The van der Waals surface area contributed by atoms with E-state index in [4.69, 9.17) is 9.84 Å². The molecule has 2 amide bonds. The van der Waals surface area contributed by atoms with Crippen LogP contribution in [0.2, 0.25) is 0 Å². The topological polar surface area (TPSA) is 95.9 Å². The molecule has 0 bridgehead atoms. The number of ether oxygens (including phenoxy) is 1. The monoisotopic (exact) mass is 452 g/mol. The molecule has 0 radical (unpaired) electrons. The van der Waals surface area contributed by atoms with Gasteiger partial charge >= 0.3 is 12.1 Å². The van der Waals surface area contributed by atoms with E-state index in [1.807, 2.05) is 31.2 Å². The Labute approximate surface area is 194 Å². The van der Waals surface area contributed by atoms with Gasteiger partial charge in [0.15, 0.2) is 0 Å². The van der Waals surface area contributed by atoms with E-state index in [9.17, 15) is 14.4 Å². The fraction of sp³-hybridized carbons (Fsp3) is 0.423. The fourth-order valence-corrected chi connectivity index (χ4v) is 4.26. The number of alkyl carbamates (subject to hydrolysis) is 1. The Balaban J connectivity index is 1.62. The van der Waals surface area contributed by atoms with Crippen LogP contribution in [-0.4, -0.2) is 52.7 Å². The highest BCUT2D eigenvalue weighted by atomic mass is 16.5. The molecule has 3 rings (SSSR count). The number of hydrogen-bond acceptors (Lipinski definition) is 4. The van der Waals surface area contributed by atoms with Crippen LogP contribution in [-0.2, 0) is 14.3 Å². The van der Waals surface area contributed by atoms with Crippen LogP contribution >= 0.6 is 0 Å². The molecule has 1 aliphatic rings. The molecule has 176 valence electrons. The summed E-state index contributed by atoms with van der Waals surface area (Å²) in [7, 11) is 0. The first-order valence-electron chi connectivity index (χ1n) is 11.3. The summed E-state index contributed by atoms with van der Waals surface area (Å²) in [5, 5.41) is 11.9. The van der Waals surface area contributed by atoms with Gasteiger partial charge in [0.05, 0.1) is 0 Å². The predicted octanol–water partition coefficient (Wildman–Crippen LogP) is 4.41. The molecular formula is C26H32N2O5. The summed E-state index contributed by atoms with van der Waals surface area (Å²) in [6, 6.07) is 15.8. The second kappa shape index (κ2) is 10.1. The maximum atomic E-state index is 12.8. The Bertz CT molecular complexity index is 982. The average Bonchev–Trinajstić information content (AvgIpc) is 3.08. The van der Waals surface area contributed by atoms with Crippen molar-refractivity contribution in [2.75, 3.05) is 13.2 Å². The highest BCUT2D eigenvalue weighted by Crippen LogP contribution is 2.44. The molecule has 1 atom stereocenters. The zero-order valence-corrected chi connectivity index (χ0v) is 19.6. The van der Waals surface area contributed by atoms with Crippen molar-refractivity contribution in [3.8, 4) is 11.1 Å². The van der Waals surface area contributed by atoms with E-state index in [2.05, 4.69) is 29.6 Å². The molecular weight excluding hydrogens is 420 g/mol. The molecule has 0 saturated carbocycles. The van der Waals surface area contributed by atoms with E-state index in [-0.39, 0.29) is 31.4 Å². The van der Waals surface area contributed by atoms with Crippen LogP contribution < -0.4 is 5.32 Å². The lowest BCUT2D eigenvalue weighted by Crippen LogP contribution is -2.50. The van der Waals surface area contributed by atoms with Gasteiger partial charge in [0.25, 0.3) is 0 Å². The summed E-state index contributed by atoms with van der Waals surface area (Å²) >= 11 is 0. The van der Waals surface area contributed by atoms with Gasteiger partial charge in [-0.2, -0.15) is 0 Å². The van der Waals surface area contributed by atoms with Gasteiger partial charge in [0.1, 0.15) is 13.2 Å². The third-order valence-electron chi connectivity index (χ3n) is 5.98. The van der Waals surface area contributed by atoms with Crippen LogP contribution in [0.3, 0.4) is 0 Å². The van der Waals surface area contributed by atoms with Crippen molar-refractivity contribution in [3.05, 3.63) is 59.7 Å². The Hall–Kier alpha value is -3.35. The molecule has 7 heteroatoms. The first-order chi connectivity index (χ1) is 15.6. The highest BCUT2D eigenvalue weighted by Gasteiger charge is 2.31. The molecule has 2 aromatic rings. The smallest absolute Gasteiger partial charge is 0.407 e. The summed E-state index contributed by atoms with van der Waals surface area (Å²) < 4.78 is 5.58. The van der Waals surface area contributed by atoms with Crippen molar-refractivity contribution in [1.29, 1.82) is 0 Å². The molecule has 0 spiro atoms. The summed E-state index contributed by atoms with van der Waals surface area (Å²) in [6.07, 6.45) is -0.0660.